The highest BCUT2D eigenvalue weighted by Gasteiger charge is 2.39. The quantitative estimate of drug-likeness (QED) is 0.0482. The van der Waals surface area contributed by atoms with Gasteiger partial charge in [0.05, 0.1) is 29.2 Å². The van der Waals surface area contributed by atoms with Crippen LogP contribution in [0.3, 0.4) is 0 Å². The third-order valence-corrected chi connectivity index (χ3v) is 9.54. The Labute approximate surface area is 316 Å². The van der Waals surface area contributed by atoms with E-state index in [4.69, 9.17) is 20.9 Å². The fraction of sp³-hybridized carbons (Fsp3) is 0.293. The minimum Gasteiger partial charge on any atom is -0.491 e. The Morgan fingerprint density at radius 1 is 0.926 bits per heavy atom. The Morgan fingerprint density at radius 2 is 1.67 bits per heavy atom. The van der Waals surface area contributed by atoms with E-state index in [1.807, 2.05) is 24.3 Å². The monoisotopic (exact) mass is 751 g/mol. The second kappa shape index (κ2) is 17.3. The number of imidazole rings is 1. The summed E-state index contributed by atoms with van der Waals surface area (Å²) in [7, 11) is 0. The van der Waals surface area contributed by atoms with Gasteiger partial charge in [0.2, 0.25) is 5.78 Å². The molecule has 3 N–H and O–H groups in total. The first-order chi connectivity index (χ1) is 26.2. The molecule has 0 spiro atoms. The number of ketones is 1. The van der Waals surface area contributed by atoms with Gasteiger partial charge in [-0.25, -0.2) is 9.36 Å². The van der Waals surface area contributed by atoms with Gasteiger partial charge in [-0.2, -0.15) is 0 Å². The van der Waals surface area contributed by atoms with Gasteiger partial charge in [-0.3, -0.25) is 19.0 Å². The predicted molar refractivity (Wildman–Crippen MR) is 208 cm³/mol. The summed E-state index contributed by atoms with van der Waals surface area (Å²) in [6.07, 6.45) is 6.53. The van der Waals surface area contributed by atoms with Crippen molar-refractivity contribution in [2.45, 2.75) is 65.0 Å². The molecule has 54 heavy (non-hydrogen) atoms. The highest BCUT2D eigenvalue weighted by atomic mass is 35.5. The third kappa shape index (κ3) is 8.03. The van der Waals surface area contributed by atoms with Crippen LogP contribution < -0.4 is 21.1 Å². The SMILES string of the molecule is CCCCCCCCNC(=O)c1ccc(NC(=O)C(C(=O)c2noc3ccc4ccccc4c23)n2c(O)c(OCC)n(Cc3ccccc3)c2=O)c(Cl)c1. The molecule has 0 saturated heterocycles. The number of hydrogen-bond donors (Lipinski definition) is 3. The number of benzene rings is 4. The van der Waals surface area contributed by atoms with Gasteiger partial charge in [-0.1, -0.05) is 116 Å². The number of carbonyl (C=O) groups is 3. The standard InChI is InChI=1S/C41H42ClN5O7/c1-3-5-6-7-8-14-23-43-37(49)28-19-21-31(30(42)24-28)44-38(50)35(36(48)34-33-29-18-13-12-17-27(29)20-22-32(33)54-45-34)47-39(51)40(53-4-2)46(41(47)52)25-26-15-10-9-11-16-26/h9-13,15-22,24,35,51H,3-8,14,23,25H2,1-2H3,(H,43,49)(H,44,50). The number of anilines is 1. The minimum absolute atomic E-state index is 0.0212. The summed E-state index contributed by atoms with van der Waals surface area (Å²) in [5, 5.41) is 23.0. The molecule has 0 saturated carbocycles. The van der Waals surface area contributed by atoms with Crippen LogP contribution in [0.15, 0.2) is 94.2 Å². The van der Waals surface area contributed by atoms with Crippen LogP contribution >= 0.6 is 11.6 Å². The van der Waals surface area contributed by atoms with Crippen LogP contribution in [0.1, 0.15) is 84.8 Å². The highest BCUT2D eigenvalue weighted by Crippen LogP contribution is 2.35. The van der Waals surface area contributed by atoms with E-state index in [1.54, 1.807) is 49.4 Å². The number of fused-ring (bicyclic) bond motifs is 3. The number of Topliss-reactive ketones (excluding diaryl/α,β-unsaturated/α-hetero) is 1. The van der Waals surface area contributed by atoms with Crippen LogP contribution in [0.25, 0.3) is 21.7 Å². The summed E-state index contributed by atoms with van der Waals surface area (Å²) < 4.78 is 13.1. The number of rotatable bonds is 17. The van der Waals surface area contributed by atoms with Crippen molar-refractivity contribution in [3.63, 3.8) is 0 Å². The molecule has 0 fully saturated rings. The lowest BCUT2D eigenvalue weighted by atomic mass is 10.00. The number of unbranched alkanes of at least 4 members (excludes halogenated alkanes) is 5. The van der Waals surface area contributed by atoms with E-state index in [2.05, 4.69) is 22.7 Å². The zero-order valence-electron chi connectivity index (χ0n) is 30.1. The number of hydrogen-bond acceptors (Lipinski definition) is 8. The van der Waals surface area contributed by atoms with E-state index in [0.717, 1.165) is 29.2 Å². The van der Waals surface area contributed by atoms with Gasteiger partial charge in [-0.05, 0) is 53.9 Å². The average Bonchev–Trinajstić information content (AvgIpc) is 3.71. The third-order valence-electron chi connectivity index (χ3n) is 9.22. The molecule has 1 unspecified atom stereocenters. The summed E-state index contributed by atoms with van der Waals surface area (Å²) in [5.41, 5.74) is 0.258. The summed E-state index contributed by atoms with van der Waals surface area (Å²) in [4.78, 5) is 56.2. The van der Waals surface area contributed by atoms with E-state index in [9.17, 15) is 24.3 Å². The highest BCUT2D eigenvalue weighted by molar-refractivity contribution is 6.34. The van der Waals surface area contributed by atoms with Crippen molar-refractivity contribution in [1.29, 1.82) is 0 Å². The summed E-state index contributed by atoms with van der Waals surface area (Å²) in [6.45, 7) is 4.41. The minimum atomic E-state index is -2.00. The topological polar surface area (TPSA) is 158 Å². The van der Waals surface area contributed by atoms with E-state index in [0.29, 0.717) is 27.4 Å². The van der Waals surface area contributed by atoms with E-state index < -0.39 is 29.3 Å². The van der Waals surface area contributed by atoms with Crippen molar-refractivity contribution in [3.8, 4) is 11.8 Å². The van der Waals surface area contributed by atoms with Crippen molar-refractivity contribution < 1.29 is 28.8 Å². The Morgan fingerprint density at radius 3 is 2.43 bits per heavy atom. The van der Waals surface area contributed by atoms with E-state index in [1.165, 1.54) is 37.5 Å². The van der Waals surface area contributed by atoms with Crippen molar-refractivity contribution in [1.82, 2.24) is 19.6 Å². The zero-order chi connectivity index (χ0) is 38.2. The lowest BCUT2D eigenvalue weighted by Gasteiger charge is -2.17. The molecule has 0 aliphatic carbocycles. The molecule has 2 heterocycles. The number of halogens is 1. The average molecular weight is 752 g/mol. The molecule has 0 bridgehead atoms. The molecular formula is C41H42ClN5O7. The fourth-order valence-electron chi connectivity index (χ4n) is 6.48. The maximum Gasteiger partial charge on any atom is 0.335 e. The number of carbonyl (C=O) groups excluding carboxylic acids is 3. The molecule has 2 amide bonds. The van der Waals surface area contributed by atoms with Crippen LogP contribution in [0, 0.1) is 0 Å². The smallest absolute Gasteiger partial charge is 0.335 e. The van der Waals surface area contributed by atoms with Gasteiger partial charge in [0.1, 0.15) is 0 Å². The second-order valence-corrected chi connectivity index (χ2v) is 13.4. The number of amides is 2. The number of aromatic hydroxyl groups is 1. The summed E-state index contributed by atoms with van der Waals surface area (Å²) >= 11 is 6.60. The van der Waals surface area contributed by atoms with Gasteiger partial charge in [-0.15, -0.1) is 0 Å². The van der Waals surface area contributed by atoms with E-state index in [-0.39, 0.29) is 52.5 Å². The molecule has 6 aromatic rings. The number of ether oxygens (including phenoxy) is 1. The maximum atomic E-state index is 14.7. The Bertz CT molecular complexity index is 2350. The van der Waals surface area contributed by atoms with Crippen molar-refractivity contribution >= 4 is 56.6 Å². The Hall–Kier alpha value is -5.88. The fourth-order valence-corrected chi connectivity index (χ4v) is 6.71. The molecule has 1 atom stereocenters. The lowest BCUT2D eigenvalue weighted by molar-refractivity contribution is -0.118. The number of nitrogens with zero attached hydrogens (tertiary/aromatic N) is 3. The maximum absolute atomic E-state index is 14.7. The normalized spacial score (nSPS) is 11.8. The molecule has 0 aliphatic heterocycles. The van der Waals surface area contributed by atoms with Gasteiger partial charge >= 0.3 is 5.69 Å². The van der Waals surface area contributed by atoms with Crippen molar-refractivity contribution in [3.05, 3.63) is 117 Å². The van der Waals surface area contributed by atoms with Crippen molar-refractivity contribution in [2.24, 2.45) is 0 Å². The Balaban J connectivity index is 1.36. The molecule has 0 radical (unpaired) electrons. The van der Waals surface area contributed by atoms with Crippen LogP contribution in [0.4, 0.5) is 5.69 Å². The molecule has 2 aromatic heterocycles. The lowest BCUT2D eigenvalue weighted by Crippen LogP contribution is -2.39. The molecule has 12 nitrogen and oxygen atoms in total. The van der Waals surface area contributed by atoms with Gasteiger partial charge in [0, 0.05) is 12.1 Å². The van der Waals surface area contributed by atoms with Gasteiger partial charge < -0.3 is 25.0 Å². The first-order valence-corrected chi connectivity index (χ1v) is 18.5. The molecule has 0 aliphatic rings. The predicted octanol–water partition coefficient (Wildman–Crippen LogP) is 7.90. The van der Waals surface area contributed by atoms with Gasteiger partial charge in [0.15, 0.2) is 17.3 Å². The van der Waals surface area contributed by atoms with Crippen LogP contribution in [-0.4, -0.2) is 50.1 Å². The second-order valence-electron chi connectivity index (χ2n) is 13.0. The number of nitrogens with one attached hydrogen (secondary N) is 2. The van der Waals surface area contributed by atoms with Crippen LogP contribution in [0.5, 0.6) is 11.8 Å². The largest absolute Gasteiger partial charge is 0.491 e. The van der Waals surface area contributed by atoms with Crippen LogP contribution in [0.2, 0.25) is 5.02 Å². The molecule has 6 rings (SSSR count). The Kier molecular flexibility index (Phi) is 12.1. The number of aromatic nitrogens is 3. The van der Waals surface area contributed by atoms with Crippen LogP contribution in [-0.2, 0) is 11.3 Å². The molecular weight excluding hydrogens is 710 g/mol. The van der Waals surface area contributed by atoms with Gasteiger partial charge in [0.25, 0.3) is 23.6 Å². The summed E-state index contributed by atoms with van der Waals surface area (Å²) in [6, 6.07) is 22.1. The molecule has 4 aromatic carbocycles. The zero-order valence-corrected chi connectivity index (χ0v) is 30.9. The first kappa shape index (κ1) is 37.9. The van der Waals surface area contributed by atoms with E-state index >= 15 is 0 Å². The molecule has 13 heteroatoms. The van der Waals surface area contributed by atoms with Crippen molar-refractivity contribution in [2.75, 3.05) is 18.5 Å². The summed E-state index contributed by atoms with van der Waals surface area (Å²) in [5.74, 6) is -3.20. The first-order valence-electron chi connectivity index (χ1n) is 18.1. The molecule has 280 valence electrons.